The molecule has 0 saturated heterocycles. The molecule has 0 radical (unpaired) electrons. The van der Waals surface area contributed by atoms with Crippen molar-refractivity contribution in [3.63, 3.8) is 0 Å². The molecule has 5 nitrogen and oxygen atoms in total. The van der Waals surface area contributed by atoms with Crippen molar-refractivity contribution < 1.29 is 17.9 Å². The van der Waals surface area contributed by atoms with Gasteiger partial charge in [0.25, 0.3) is 5.91 Å². The molecule has 136 valence electrons. The average Bonchev–Trinajstić information content (AvgIpc) is 2.96. The van der Waals surface area contributed by atoms with Crippen molar-refractivity contribution in [2.75, 3.05) is 17.3 Å². The predicted octanol–water partition coefficient (Wildman–Crippen LogP) is 3.72. The first-order valence-corrected chi connectivity index (χ1v) is 10.2. The van der Waals surface area contributed by atoms with Crippen LogP contribution in [0.15, 0.2) is 60.0 Å². The van der Waals surface area contributed by atoms with Crippen LogP contribution >= 0.6 is 23.2 Å². The third kappa shape index (κ3) is 4.38. The summed E-state index contributed by atoms with van der Waals surface area (Å²) in [7, 11) is -3.32. The van der Waals surface area contributed by atoms with Crippen molar-refractivity contribution in [3.05, 3.63) is 70.1 Å². The molecule has 2 aromatic carbocycles. The van der Waals surface area contributed by atoms with E-state index in [1.54, 1.807) is 36.4 Å². The fraction of sp³-hybridized carbons (Fsp3) is 0.167. The number of benzene rings is 2. The highest BCUT2D eigenvalue weighted by Gasteiger charge is 2.31. The molecular formula is C18H15Cl2NO4S. The summed E-state index contributed by atoms with van der Waals surface area (Å²) in [4.78, 5) is 14.2. The average molecular weight is 412 g/mol. The molecule has 0 spiro atoms. The minimum Gasteiger partial charge on any atom is -0.482 e. The topological polar surface area (TPSA) is 63.7 Å². The Bertz CT molecular complexity index is 945. The second-order valence-electron chi connectivity index (χ2n) is 5.69. The van der Waals surface area contributed by atoms with Gasteiger partial charge in [-0.05, 0) is 30.3 Å². The highest BCUT2D eigenvalue weighted by Crippen LogP contribution is 2.28. The van der Waals surface area contributed by atoms with Crippen LogP contribution in [-0.4, -0.2) is 32.7 Å². The maximum atomic E-state index is 12.8. The van der Waals surface area contributed by atoms with Gasteiger partial charge in [-0.1, -0.05) is 41.4 Å². The summed E-state index contributed by atoms with van der Waals surface area (Å²) in [6.45, 7) is -0.306. The predicted molar refractivity (Wildman–Crippen MR) is 103 cm³/mol. The SMILES string of the molecule is O=C(COc1cc(Cl)ccc1Cl)N(c1ccccc1)[C@H]1C=CS(=O)(=O)C1. The highest BCUT2D eigenvalue weighted by atomic mass is 35.5. The number of hydrogen-bond acceptors (Lipinski definition) is 4. The molecule has 0 unspecified atom stereocenters. The maximum absolute atomic E-state index is 12.8. The summed E-state index contributed by atoms with van der Waals surface area (Å²) in [5.74, 6) is -0.264. The molecular weight excluding hydrogens is 397 g/mol. The summed E-state index contributed by atoms with van der Waals surface area (Å²) in [6, 6.07) is 13.0. The molecule has 2 aromatic rings. The number of carbonyl (C=O) groups is 1. The summed E-state index contributed by atoms with van der Waals surface area (Å²) >= 11 is 12.0. The Morgan fingerprint density at radius 2 is 1.88 bits per heavy atom. The fourth-order valence-corrected chi connectivity index (χ4v) is 4.23. The maximum Gasteiger partial charge on any atom is 0.265 e. The Kier molecular flexibility index (Phi) is 5.55. The van der Waals surface area contributed by atoms with Gasteiger partial charge in [-0.2, -0.15) is 0 Å². The van der Waals surface area contributed by atoms with Crippen molar-refractivity contribution in [3.8, 4) is 5.75 Å². The van der Waals surface area contributed by atoms with E-state index in [1.807, 2.05) is 6.07 Å². The Hall–Kier alpha value is -2.02. The number of sulfone groups is 1. The lowest BCUT2D eigenvalue weighted by atomic mass is 10.2. The third-order valence-corrected chi connectivity index (χ3v) is 5.72. The van der Waals surface area contributed by atoms with Crippen molar-refractivity contribution in [2.45, 2.75) is 6.04 Å². The molecule has 0 saturated carbocycles. The van der Waals surface area contributed by atoms with Crippen LogP contribution in [-0.2, 0) is 14.6 Å². The van der Waals surface area contributed by atoms with E-state index in [-0.39, 0.29) is 24.0 Å². The smallest absolute Gasteiger partial charge is 0.265 e. The van der Waals surface area contributed by atoms with E-state index < -0.39 is 15.9 Å². The number of carbonyl (C=O) groups excluding carboxylic acids is 1. The third-order valence-electron chi connectivity index (χ3n) is 3.79. The molecule has 1 heterocycles. The zero-order valence-corrected chi connectivity index (χ0v) is 15.8. The number of para-hydroxylation sites is 1. The lowest BCUT2D eigenvalue weighted by Gasteiger charge is -2.27. The van der Waals surface area contributed by atoms with Crippen molar-refractivity contribution in [1.29, 1.82) is 0 Å². The van der Waals surface area contributed by atoms with Crippen LogP contribution in [0.2, 0.25) is 10.0 Å². The van der Waals surface area contributed by atoms with Crippen molar-refractivity contribution in [2.24, 2.45) is 0 Å². The monoisotopic (exact) mass is 411 g/mol. The first-order valence-electron chi connectivity index (χ1n) is 7.72. The quantitative estimate of drug-likeness (QED) is 0.751. The minimum absolute atomic E-state index is 0.161. The first kappa shape index (κ1) is 18.8. The molecule has 0 aliphatic carbocycles. The van der Waals surface area contributed by atoms with Gasteiger partial charge in [-0.25, -0.2) is 8.42 Å². The second-order valence-corrected chi connectivity index (χ2v) is 8.46. The minimum atomic E-state index is -3.32. The molecule has 1 aliphatic rings. The van der Waals surface area contributed by atoms with Gasteiger partial charge in [-0.3, -0.25) is 4.79 Å². The molecule has 0 aromatic heterocycles. The van der Waals surface area contributed by atoms with E-state index in [4.69, 9.17) is 27.9 Å². The van der Waals surface area contributed by atoms with E-state index in [9.17, 15) is 13.2 Å². The zero-order chi connectivity index (χ0) is 18.7. The second kappa shape index (κ2) is 7.70. The van der Waals surface area contributed by atoms with E-state index >= 15 is 0 Å². The van der Waals surface area contributed by atoms with Gasteiger partial charge in [0.05, 0.1) is 16.8 Å². The van der Waals surface area contributed by atoms with Crippen LogP contribution in [0.25, 0.3) is 0 Å². The zero-order valence-electron chi connectivity index (χ0n) is 13.5. The van der Waals surface area contributed by atoms with Crippen LogP contribution in [0.3, 0.4) is 0 Å². The summed E-state index contributed by atoms with van der Waals surface area (Å²) in [6.07, 6.45) is 1.51. The lowest BCUT2D eigenvalue weighted by Crippen LogP contribution is -2.43. The normalized spacial score (nSPS) is 17.8. The van der Waals surface area contributed by atoms with Crippen LogP contribution in [0.5, 0.6) is 5.75 Å². The fourth-order valence-electron chi connectivity index (χ4n) is 2.63. The number of nitrogens with zero attached hydrogens (tertiary/aromatic N) is 1. The van der Waals surface area contributed by atoms with Crippen LogP contribution in [0.4, 0.5) is 5.69 Å². The van der Waals surface area contributed by atoms with Gasteiger partial charge in [0.2, 0.25) is 0 Å². The van der Waals surface area contributed by atoms with Crippen molar-refractivity contribution in [1.82, 2.24) is 0 Å². The van der Waals surface area contributed by atoms with E-state index in [0.717, 1.165) is 5.41 Å². The number of anilines is 1. The van der Waals surface area contributed by atoms with Gasteiger partial charge in [0, 0.05) is 22.2 Å². The first-order chi connectivity index (χ1) is 12.4. The molecule has 1 aliphatic heterocycles. The number of halogens is 2. The number of amides is 1. The Morgan fingerprint density at radius 1 is 1.15 bits per heavy atom. The molecule has 1 amide bonds. The van der Waals surface area contributed by atoms with Gasteiger partial charge in [-0.15, -0.1) is 0 Å². The van der Waals surface area contributed by atoms with Gasteiger partial charge in [0.15, 0.2) is 16.4 Å². The van der Waals surface area contributed by atoms with Crippen LogP contribution in [0.1, 0.15) is 0 Å². The van der Waals surface area contributed by atoms with Gasteiger partial charge < -0.3 is 9.64 Å². The van der Waals surface area contributed by atoms with E-state index in [1.165, 1.54) is 17.0 Å². The van der Waals surface area contributed by atoms with E-state index in [2.05, 4.69) is 0 Å². The molecule has 1 atom stereocenters. The molecule has 26 heavy (non-hydrogen) atoms. The summed E-state index contributed by atoms with van der Waals surface area (Å²) in [5, 5.41) is 1.90. The van der Waals surface area contributed by atoms with Crippen LogP contribution in [0, 0.1) is 0 Å². The van der Waals surface area contributed by atoms with Gasteiger partial charge in [0.1, 0.15) is 5.75 Å². The number of ether oxygens (including phenoxy) is 1. The standard InChI is InChI=1S/C18H15Cl2NO4S/c19-13-6-7-16(20)17(10-13)25-11-18(22)21(14-4-2-1-3-5-14)15-8-9-26(23,24)12-15/h1-10,15H,11-12H2/t15-/m0/s1. The molecule has 0 fully saturated rings. The summed E-state index contributed by atoms with van der Waals surface area (Å²) in [5.41, 5.74) is 0.588. The Labute approximate surface area is 161 Å². The number of rotatable bonds is 5. The molecule has 0 N–H and O–H groups in total. The Balaban J connectivity index is 1.82. The van der Waals surface area contributed by atoms with Gasteiger partial charge >= 0.3 is 0 Å². The van der Waals surface area contributed by atoms with Crippen molar-refractivity contribution >= 4 is 44.6 Å². The molecule has 3 rings (SSSR count). The van der Waals surface area contributed by atoms with E-state index in [0.29, 0.717) is 15.7 Å². The highest BCUT2D eigenvalue weighted by molar-refractivity contribution is 7.94. The molecule has 0 bridgehead atoms. The lowest BCUT2D eigenvalue weighted by molar-refractivity contribution is -0.120. The Morgan fingerprint density at radius 3 is 2.54 bits per heavy atom. The summed E-state index contributed by atoms with van der Waals surface area (Å²) < 4.78 is 29.1. The molecule has 8 heteroatoms. The number of hydrogen-bond donors (Lipinski definition) is 0. The largest absolute Gasteiger partial charge is 0.482 e. The van der Waals surface area contributed by atoms with Crippen LogP contribution < -0.4 is 9.64 Å².